The third-order valence-corrected chi connectivity index (χ3v) is 9.36. The van der Waals surface area contributed by atoms with E-state index in [4.69, 9.17) is 14.2 Å². The zero-order valence-electron chi connectivity index (χ0n) is 30.4. The molecule has 0 bridgehead atoms. The summed E-state index contributed by atoms with van der Waals surface area (Å²) >= 11 is 0. The molecule has 0 aliphatic carbocycles. The topological polar surface area (TPSA) is 164 Å². The Hall–Kier alpha value is -5.44. The van der Waals surface area contributed by atoms with Gasteiger partial charge in [0.2, 0.25) is 24.1 Å². The number of piperidine rings is 1. The highest BCUT2D eigenvalue weighted by atomic mass is 16.5. The van der Waals surface area contributed by atoms with E-state index in [0.29, 0.717) is 25.3 Å². The molecule has 3 aromatic rings. The molecule has 0 saturated carbocycles. The number of piperazine rings is 1. The summed E-state index contributed by atoms with van der Waals surface area (Å²) < 4.78 is 16.8. The van der Waals surface area contributed by atoms with Gasteiger partial charge in [0.05, 0.1) is 44.5 Å². The summed E-state index contributed by atoms with van der Waals surface area (Å²) in [5.74, 6) is -2.30. The first kappa shape index (κ1) is 39.8. The normalized spacial score (nSPS) is 16.1. The molecule has 2 heterocycles. The van der Waals surface area contributed by atoms with Crippen molar-refractivity contribution < 1.29 is 43.0 Å². The number of amides is 6. The van der Waals surface area contributed by atoms with Crippen LogP contribution in [0.2, 0.25) is 0 Å². The average molecular weight is 742 g/mol. The van der Waals surface area contributed by atoms with Crippen molar-refractivity contribution in [3.8, 4) is 5.75 Å². The van der Waals surface area contributed by atoms with E-state index in [9.17, 15) is 28.8 Å². The highest BCUT2D eigenvalue weighted by molar-refractivity contribution is 6.08. The van der Waals surface area contributed by atoms with Gasteiger partial charge in [0, 0.05) is 39.1 Å². The van der Waals surface area contributed by atoms with Gasteiger partial charge in [0.25, 0.3) is 11.8 Å². The zero-order valence-corrected chi connectivity index (χ0v) is 30.4. The van der Waals surface area contributed by atoms with Crippen LogP contribution in [-0.2, 0) is 33.4 Å². The van der Waals surface area contributed by atoms with E-state index in [-0.39, 0.29) is 75.3 Å². The molecule has 6 amide bonds. The molecule has 0 radical (unpaired) electrons. The highest BCUT2D eigenvalue weighted by Gasteiger charge is 2.36. The van der Waals surface area contributed by atoms with Crippen molar-refractivity contribution in [3.05, 3.63) is 101 Å². The number of carbonyl (C=O) groups is 6. The Balaban J connectivity index is 0.946. The first-order chi connectivity index (χ1) is 26.3. The Labute approximate surface area is 314 Å². The molecule has 0 spiro atoms. The molecule has 2 fully saturated rings. The molecule has 0 aromatic heterocycles. The Bertz CT molecular complexity index is 1710. The summed E-state index contributed by atoms with van der Waals surface area (Å²) in [5, 5.41) is 4.81. The molecular formula is C40H47N5O9. The van der Waals surface area contributed by atoms with Crippen LogP contribution in [0.1, 0.15) is 52.4 Å². The number of imide groups is 2. The van der Waals surface area contributed by atoms with Crippen molar-refractivity contribution >= 4 is 35.9 Å². The number of rotatable bonds is 18. The van der Waals surface area contributed by atoms with E-state index in [1.807, 2.05) is 17.0 Å². The lowest BCUT2D eigenvalue weighted by molar-refractivity contribution is -0.139. The Morgan fingerprint density at radius 2 is 1.52 bits per heavy atom. The largest absolute Gasteiger partial charge is 0.483 e. The maximum Gasteiger partial charge on any atom is 0.265 e. The second-order valence-corrected chi connectivity index (χ2v) is 13.0. The second kappa shape index (κ2) is 20.1. The third-order valence-electron chi connectivity index (χ3n) is 9.36. The quantitative estimate of drug-likeness (QED) is 0.112. The molecule has 286 valence electrons. The molecular weight excluding hydrogens is 694 g/mol. The standard InChI is InChI=1S/C40H47N5O9/c1-29-9-8-14-33(37(29)40(51)45(28-46)32-15-16-34(47)42-39(32)50)54-27-35(48)41-18-24-53-26-25-52-23-17-36(49)43-19-21-44(22-20-43)38(30-10-4-2-5-11-30)31-12-6-3-7-13-31/h2-14,28,32,38H,15-27H2,1H3,(H,41,48)(H,42,47,50). The predicted octanol–water partition coefficient (Wildman–Crippen LogP) is 2.25. The Kier molecular flexibility index (Phi) is 14.8. The molecule has 2 aliphatic heterocycles. The van der Waals surface area contributed by atoms with Crippen molar-refractivity contribution in [2.75, 3.05) is 65.8 Å². The predicted molar refractivity (Wildman–Crippen MR) is 197 cm³/mol. The summed E-state index contributed by atoms with van der Waals surface area (Å²) in [6.45, 7) is 5.39. The van der Waals surface area contributed by atoms with Crippen LogP contribution in [0.15, 0.2) is 78.9 Å². The van der Waals surface area contributed by atoms with E-state index in [0.717, 1.165) is 18.0 Å². The van der Waals surface area contributed by atoms with Crippen LogP contribution in [0, 0.1) is 6.92 Å². The monoisotopic (exact) mass is 741 g/mol. The smallest absolute Gasteiger partial charge is 0.265 e. The fourth-order valence-electron chi connectivity index (χ4n) is 6.59. The number of benzene rings is 3. The van der Waals surface area contributed by atoms with E-state index >= 15 is 0 Å². The zero-order chi connectivity index (χ0) is 38.3. The molecule has 2 aliphatic rings. The van der Waals surface area contributed by atoms with Gasteiger partial charge in [0.15, 0.2) is 6.61 Å². The van der Waals surface area contributed by atoms with Crippen molar-refractivity contribution in [2.24, 2.45) is 0 Å². The maximum absolute atomic E-state index is 13.3. The Morgan fingerprint density at radius 3 is 2.15 bits per heavy atom. The summed E-state index contributed by atoms with van der Waals surface area (Å²) in [4.78, 5) is 79.5. The highest BCUT2D eigenvalue weighted by Crippen LogP contribution is 2.30. The van der Waals surface area contributed by atoms with Crippen LogP contribution in [0.3, 0.4) is 0 Å². The molecule has 1 unspecified atom stereocenters. The average Bonchev–Trinajstić information content (AvgIpc) is 3.18. The van der Waals surface area contributed by atoms with E-state index in [1.165, 1.54) is 17.2 Å². The van der Waals surface area contributed by atoms with Crippen LogP contribution in [0.25, 0.3) is 0 Å². The van der Waals surface area contributed by atoms with Gasteiger partial charge >= 0.3 is 0 Å². The Morgan fingerprint density at radius 1 is 0.870 bits per heavy atom. The van der Waals surface area contributed by atoms with Crippen LogP contribution < -0.4 is 15.4 Å². The minimum atomic E-state index is -1.14. The second-order valence-electron chi connectivity index (χ2n) is 13.0. The van der Waals surface area contributed by atoms with Gasteiger partial charge in [-0.1, -0.05) is 72.8 Å². The van der Waals surface area contributed by atoms with Gasteiger partial charge in [-0.15, -0.1) is 0 Å². The SMILES string of the molecule is Cc1cccc(OCC(=O)NCCOCCOCCC(=O)N2CCN(C(c3ccccc3)c3ccccc3)CC2)c1C(=O)N(C=O)C1CCC(=O)NC1=O. The molecule has 14 nitrogen and oxygen atoms in total. The lowest BCUT2D eigenvalue weighted by Crippen LogP contribution is -2.54. The first-order valence-electron chi connectivity index (χ1n) is 18.1. The van der Waals surface area contributed by atoms with Crippen molar-refractivity contribution in [3.63, 3.8) is 0 Å². The fraction of sp³-hybridized carbons (Fsp3) is 0.400. The van der Waals surface area contributed by atoms with Crippen molar-refractivity contribution in [1.82, 2.24) is 25.3 Å². The number of hydrogen-bond donors (Lipinski definition) is 2. The van der Waals surface area contributed by atoms with Gasteiger partial charge in [0.1, 0.15) is 11.8 Å². The number of carbonyl (C=O) groups excluding carboxylic acids is 6. The van der Waals surface area contributed by atoms with Gasteiger partial charge in [-0.2, -0.15) is 0 Å². The number of hydrogen-bond acceptors (Lipinski definition) is 10. The number of nitrogens with zero attached hydrogens (tertiary/aromatic N) is 3. The summed E-state index contributed by atoms with van der Waals surface area (Å²) in [6, 6.07) is 24.6. The van der Waals surface area contributed by atoms with Crippen molar-refractivity contribution in [1.29, 1.82) is 0 Å². The minimum absolute atomic E-state index is 0.00566. The molecule has 2 N–H and O–H groups in total. The molecule has 1 atom stereocenters. The molecule has 3 aromatic carbocycles. The molecule has 54 heavy (non-hydrogen) atoms. The molecule has 14 heteroatoms. The maximum atomic E-state index is 13.3. The van der Waals surface area contributed by atoms with Crippen LogP contribution in [0.4, 0.5) is 0 Å². The number of aryl methyl sites for hydroxylation is 1. The summed E-state index contributed by atoms with van der Waals surface area (Å²) in [5.41, 5.74) is 2.98. The van der Waals surface area contributed by atoms with Gasteiger partial charge in [-0.3, -0.25) is 43.9 Å². The van der Waals surface area contributed by atoms with Crippen LogP contribution in [0.5, 0.6) is 5.75 Å². The van der Waals surface area contributed by atoms with E-state index < -0.39 is 36.3 Å². The summed E-state index contributed by atoms with van der Waals surface area (Å²) in [6.07, 6.45) is 0.550. The van der Waals surface area contributed by atoms with E-state index in [2.05, 4.69) is 64.1 Å². The van der Waals surface area contributed by atoms with Gasteiger partial charge < -0.3 is 24.4 Å². The van der Waals surface area contributed by atoms with Gasteiger partial charge in [-0.05, 0) is 36.1 Å². The number of ether oxygens (including phenoxy) is 3. The number of nitrogens with one attached hydrogen (secondary N) is 2. The third kappa shape index (κ3) is 10.8. The van der Waals surface area contributed by atoms with E-state index in [1.54, 1.807) is 19.1 Å². The lowest BCUT2D eigenvalue weighted by Gasteiger charge is -2.39. The molecule has 5 rings (SSSR count). The van der Waals surface area contributed by atoms with Gasteiger partial charge in [-0.25, -0.2) is 0 Å². The van der Waals surface area contributed by atoms with Crippen LogP contribution in [-0.4, -0.2) is 122 Å². The van der Waals surface area contributed by atoms with Crippen LogP contribution >= 0.6 is 0 Å². The summed E-state index contributed by atoms with van der Waals surface area (Å²) in [7, 11) is 0. The van der Waals surface area contributed by atoms with Crippen molar-refractivity contribution in [2.45, 2.75) is 38.3 Å². The fourth-order valence-corrected chi connectivity index (χ4v) is 6.59. The first-order valence-corrected chi connectivity index (χ1v) is 18.1. The minimum Gasteiger partial charge on any atom is -0.483 e. The molecule has 2 saturated heterocycles. The lowest BCUT2D eigenvalue weighted by atomic mass is 9.96.